The molecule has 0 aromatic carbocycles. The number of rotatable bonds is 3. The van der Waals surface area contributed by atoms with Crippen molar-refractivity contribution >= 4 is 12.0 Å². The van der Waals surface area contributed by atoms with Crippen LogP contribution in [0.25, 0.3) is 0 Å². The predicted octanol–water partition coefficient (Wildman–Crippen LogP) is -0.796. The van der Waals surface area contributed by atoms with E-state index in [2.05, 4.69) is 5.32 Å². The highest BCUT2D eigenvalue weighted by Gasteiger charge is 2.19. The number of nitrogens with one attached hydrogen (secondary N) is 1. The normalized spacial score (nSPS) is 17.9. The Hall–Kier alpha value is -1.30. The minimum atomic E-state index is -1.10. The van der Waals surface area contributed by atoms with Gasteiger partial charge in [-0.25, -0.2) is 4.79 Å². The van der Waals surface area contributed by atoms with Crippen molar-refractivity contribution in [2.75, 3.05) is 19.6 Å². The molecule has 2 amide bonds. The van der Waals surface area contributed by atoms with E-state index in [0.717, 1.165) is 25.9 Å². The van der Waals surface area contributed by atoms with Crippen LogP contribution >= 0.6 is 0 Å². The highest BCUT2D eigenvalue weighted by molar-refractivity contribution is 5.77. The van der Waals surface area contributed by atoms with Crippen molar-refractivity contribution in [1.82, 2.24) is 10.2 Å². The van der Waals surface area contributed by atoms with Gasteiger partial charge in [0.15, 0.2) is 0 Å². The Balaban J connectivity index is 2.23. The first-order chi connectivity index (χ1) is 6.61. The SMILES string of the molecule is NC(CNC(=O)N1CCCC1)C(=O)O. The molecule has 6 nitrogen and oxygen atoms in total. The molecule has 6 heteroatoms. The summed E-state index contributed by atoms with van der Waals surface area (Å²) in [6.45, 7) is 1.47. The quantitative estimate of drug-likeness (QED) is 0.557. The summed E-state index contributed by atoms with van der Waals surface area (Å²) in [5.74, 6) is -1.10. The third-order valence-corrected chi connectivity index (χ3v) is 2.18. The first-order valence-electron chi connectivity index (χ1n) is 4.62. The predicted molar refractivity (Wildman–Crippen MR) is 49.8 cm³/mol. The van der Waals surface area contributed by atoms with Crippen molar-refractivity contribution in [3.8, 4) is 0 Å². The number of hydrogen-bond donors (Lipinski definition) is 3. The second-order valence-electron chi connectivity index (χ2n) is 3.32. The second kappa shape index (κ2) is 4.80. The maximum absolute atomic E-state index is 11.3. The van der Waals surface area contributed by atoms with Crippen molar-refractivity contribution in [1.29, 1.82) is 0 Å². The minimum Gasteiger partial charge on any atom is -0.480 e. The van der Waals surface area contributed by atoms with Crippen molar-refractivity contribution in [2.24, 2.45) is 5.73 Å². The number of nitrogens with two attached hydrogens (primary N) is 1. The molecule has 1 aliphatic rings. The molecule has 1 rings (SSSR count). The van der Waals surface area contributed by atoms with Crippen LogP contribution in [0.3, 0.4) is 0 Å². The molecule has 80 valence electrons. The first kappa shape index (κ1) is 10.8. The third-order valence-electron chi connectivity index (χ3n) is 2.18. The van der Waals surface area contributed by atoms with Crippen LogP contribution in [0.4, 0.5) is 4.79 Å². The molecule has 0 bridgehead atoms. The Morgan fingerprint density at radius 1 is 1.43 bits per heavy atom. The molecule has 14 heavy (non-hydrogen) atoms. The van der Waals surface area contributed by atoms with Crippen LogP contribution in [-0.2, 0) is 4.79 Å². The van der Waals surface area contributed by atoms with Gasteiger partial charge < -0.3 is 21.1 Å². The van der Waals surface area contributed by atoms with Gasteiger partial charge in [0.25, 0.3) is 0 Å². The number of carboxylic acids is 1. The Labute approximate surface area is 82.1 Å². The van der Waals surface area contributed by atoms with E-state index in [0.29, 0.717) is 0 Å². The number of amides is 2. The molecule has 1 heterocycles. The van der Waals surface area contributed by atoms with Gasteiger partial charge in [0.1, 0.15) is 6.04 Å². The molecule has 1 unspecified atom stereocenters. The van der Waals surface area contributed by atoms with Gasteiger partial charge in [0, 0.05) is 19.6 Å². The lowest BCUT2D eigenvalue weighted by atomic mass is 10.3. The number of aliphatic carboxylic acids is 1. The third kappa shape index (κ3) is 2.88. The van der Waals surface area contributed by atoms with E-state index in [1.807, 2.05) is 0 Å². The maximum Gasteiger partial charge on any atom is 0.322 e. The summed E-state index contributed by atoms with van der Waals surface area (Å²) in [5, 5.41) is 11.0. The van der Waals surface area contributed by atoms with Gasteiger partial charge in [-0.1, -0.05) is 0 Å². The number of likely N-dealkylation sites (tertiary alicyclic amines) is 1. The lowest BCUT2D eigenvalue weighted by Crippen LogP contribution is -2.46. The van der Waals surface area contributed by atoms with Crippen molar-refractivity contribution in [2.45, 2.75) is 18.9 Å². The molecule has 0 aliphatic carbocycles. The van der Waals surface area contributed by atoms with Crippen molar-refractivity contribution < 1.29 is 14.7 Å². The van der Waals surface area contributed by atoms with Gasteiger partial charge in [-0.2, -0.15) is 0 Å². The van der Waals surface area contributed by atoms with Gasteiger partial charge >= 0.3 is 12.0 Å². The summed E-state index contributed by atoms with van der Waals surface area (Å²) >= 11 is 0. The molecular formula is C8H15N3O3. The minimum absolute atomic E-state index is 0.0231. The fraction of sp³-hybridized carbons (Fsp3) is 0.750. The molecule has 0 spiro atoms. The molecule has 4 N–H and O–H groups in total. The number of carboxylic acid groups (broad SMARTS) is 1. The largest absolute Gasteiger partial charge is 0.480 e. The molecular weight excluding hydrogens is 186 g/mol. The zero-order valence-corrected chi connectivity index (χ0v) is 7.90. The van der Waals surface area contributed by atoms with Crippen molar-refractivity contribution in [3.05, 3.63) is 0 Å². The summed E-state index contributed by atoms with van der Waals surface area (Å²) in [6, 6.07) is -1.25. The van der Waals surface area contributed by atoms with Crippen molar-refractivity contribution in [3.63, 3.8) is 0 Å². The van der Waals surface area contributed by atoms with E-state index in [9.17, 15) is 9.59 Å². The monoisotopic (exact) mass is 201 g/mol. The van der Waals surface area contributed by atoms with Gasteiger partial charge in [-0.3, -0.25) is 4.79 Å². The molecule has 0 aromatic rings. The fourth-order valence-corrected chi connectivity index (χ4v) is 1.32. The molecule has 0 aromatic heterocycles. The Morgan fingerprint density at radius 3 is 2.50 bits per heavy atom. The number of urea groups is 1. The van der Waals surface area contributed by atoms with Crippen LogP contribution in [0.1, 0.15) is 12.8 Å². The zero-order chi connectivity index (χ0) is 10.6. The van der Waals surface area contributed by atoms with Gasteiger partial charge in [0.2, 0.25) is 0 Å². The molecule has 1 atom stereocenters. The smallest absolute Gasteiger partial charge is 0.322 e. The number of carbonyl (C=O) groups excluding carboxylic acids is 1. The maximum atomic E-state index is 11.3. The van der Waals surface area contributed by atoms with E-state index in [1.54, 1.807) is 4.90 Å². The second-order valence-corrected chi connectivity index (χ2v) is 3.32. The lowest BCUT2D eigenvalue weighted by Gasteiger charge is -2.17. The standard InChI is InChI=1S/C8H15N3O3/c9-6(7(12)13)5-10-8(14)11-3-1-2-4-11/h6H,1-5,9H2,(H,10,14)(H,12,13). The van der Waals surface area contributed by atoms with Crippen LogP contribution in [0, 0.1) is 0 Å². The highest BCUT2D eigenvalue weighted by Crippen LogP contribution is 2.06. The molecule has 0 saturated carbocycles. The van der Waals surface area contributed by atoms with Crippen LogP contribution in [0.2, 0.25) is 0 Å². The molecule has 1 saturated heterocycles. The van der Waals surface area contributed by atoms with Crippen LogP contribution in [0.5, 0.6) is 0 Å². The van der Waals surface area contributed by atoms with E-state index in [4.69, 9.17) is 10.8 Å². The van der Waals surface area contributed by atoms with E-state index in [-0.39, 0.29) is 12.6 Å². The molecule has 1 fully saturated rings. The van der Waals surface area contributed by atoms with E-state index < -0.39 is 12.0 Å². The summed E-state index contributed by atoms with van der Waals surface area (Å²) in [5.41, 5.74) is 5.23. The Morgan fingerprint density at radius 2 is 2.00 bits per heavy atom. The van der Waals surface area contributed by atoms with Gasteiger partial charge in [-0.15, -0.1) is 0 Å². The summed E-state index contributed by atoms with van der Waals surface area (Å²) in [4.78, 5) is 23.3. The molecule has 1 aliphatic heterocycles. The van der Waals surface area contributed by atoms with Crippen LogP contribution in [-0.4, -0.2) is 47.7 Å². The topological polar surface area (TPSA) is 95.7 Å². The van der Waals surface area contributed by atoms with Crippen LogP contribution in [0.15, 0.2) is 0 Å². The average molecular weight is 201 g/mol. The Bertz CT molecular complexity index is 226. The van der Waals surface area contributed by atoms with E-state index >= 15 is 0 Å². The summed E-state index contributed by atoms with van der Waals surface area (Å²) in [7, 11) is 0. The number of nitrogens with zero attached hydrogens (tertiary/aromatic N) is 1. The number of hydrogen-bond acceptors (Lipinski definition) is 3. The Kier molecular flexibility index (Phi) is 3.70. The summed E-state index contributed by atoms with van der Waals surface area (Å²) < 4.78 is 0. The summed E-state index contributed by atoms with van der Waals surface area (Å²) in [6.07, 6.45) is 2.02. The van der Waals surface area contributed by atoms with Crippen LogP contribution < -0.4 is 11.1 Å². The molecule has 0 radical (unpaired) electrons. The zero-order valence-electron chi connectivity index (χ0n) is 7.90. The first-order valence-corrected chi connectivity index (χ1v) is 4.62. The van der Waals surface area contributed by atoms with E-state index in [1.165, 1.54) is 0 Å². The lowest BCUT2D eigenvalue weighted by molar-refractivity contribution is -0.138. The average Bonchev–Trinajstić information content (AvgIpc) is 2.66. The highest BCUT2D eigenvalue weighted by atomic mass is 16.4. The van der Waals surface area contributed by atoms with Gasteiger partial charge in [-0.05, 0) is 12.8 Å². The van der Waals surface area contributed by atoms with Gasteiger partial charge in [0.05, 0.1) is 0 Å². The number of carbonyl (C=O) groups is 2. The fourth-order valence-electron chi connectivity index (χ4n) is 1.32.